The Kier molecular flexibility index (Phi) is 5.27. The van der Waals surface area contributed by atoms with Gasteiger partial charge in [0.15, 0.2) is 5.65 Å². The first-order valence-corrected chi connectivity index (χ1v) is 12.2. The topological polar surface area (TPSA) is 93.0 Å². The van der Waals surface area contributed by atoms with Crippen molar-refractivity contribution in [3.63, 3.8) is 0 Å². The highest BCUT2D eigenvalue weighted by Gasteiger charge is 2.46. The Morgan fingerprint density at radius 3 is 2.80 bits per heavy atom. The van der Waals surface area contributed by atoms with E-state index < -0.39 is 0 Å². The van der Waals surface area contributed by atoms with E-state index in [0.29, 0.717) is 21.9 Å². The van der Waals surface area contributed by atoms with Crippen LogP contribution in [0.4, 0.5) is 5.82 Å². The van der Waals surface area contributed by atoms with Crippen LogP contribution in [-0.2, 0) is 6.42 Å². The zero-order valence-corrected chi connectivity index (χ0v) is 20.3. The van der Waals surface area contributed by atoms with Crippen molar-refractivity contribution in [3.8, 4) is 5.75 Å². The van der Waals surface area contributed by atoms with Gasteiger partial charge in [0.1, 0.15) is 22.8 Å². The van der Waals surface area contributed by atoms with Gasteiger partial charge in [-0.15, -0.1) is 0 Å². The van der Waals surface area contributed by atoms with Crippen LogP contribution < -0.4 is 15.4 Å². The van der Waals surface area contributed by atoms with Crippen molar-refractivity contribution in [2.24, 2.45) is 11.1 Å². The normalized spacial score (nSPS) is 18.7. The van der Waals surface area contributed by atoms with Gasteiger partial charge < -0.3 is 15.4 Å². The van der Waals surface area contributed by atoms with Crippen molar-refractivity contribution in [1.29, 1.82) is 0 Å². The summed E-state index contributed by atoms with van der Waals surface area (Å²) in [5.41, 5.74) is 13.0. The fraction of sp³-hybridized carbons (Fsp3) is 0.296. The predicted molar refractivity (Wildman–Crippen MR) is 139 cm³/mol. The monoisotopic (exact) mass is 486 g/mol. The summed E-state index contributed by atoms with van der Waals surface area (Å²) < 4.78 is 5.42. The number of nitrogens with zero attached hydrogens (tertiary/aromatic N) is 4. The average molecular weight is 487 g/mol. The number of fused-ring (bicyclic) bond motifs is 2. The fourth-order valence-corrected chi connectivity index (χ4v) is 5.88. The molecule has 8 heteroatoms. The lowest BCUT2D eigenvalue weighted by atomic mass is 9.73. The molecule has 2 aromatic carbocycles. The van der Waals surface area contributed by atoms with Crippen molar-refractivity contribution < 1.29 is 4.74 Å². The Balaban J connectivity index is 1.21. The van der Waals surface area contributed by atoms with Gasteiger partial charge in [-0.25, -0.2) is 9.97 Å². The van der Waals surface area contributed by atoms with Crippen LogP contribution in [0.25, 0.3) is 16.7 Å². The minimum atomic E-state index is 0.0225. The van der Waals surface area contributed by atoms with Gasteiger partial charge in [-0.05, 0) is 54.0 Å². The van der Waals surface area contributed by atoms with E-state index in [0.717, 1.165) is 55.1 Å². The van der Waals surface area contributed by atoms with E-state index in [1.54, 1.807) is 7.11 Å². The molecule has 1 atom stereocenters. The van der Waals surface area contributed by atoms with Crippen LogP contribution in [0.2, 0.25) is 5.02 Å². The molecular weight excluding hydrogens is 460 g/mol. The number of H-pyrrole nitrogens is 1. The van der Waals surface area contributed by atoms with Crippen molar-refractivity contribution in [2.45, 2.75) is 25.3 Å². The number of nitrogens with one attached hydrogen (secondary N) is 1. The van der Waals surface area contributed by atoms with Crippen LogP contribution in [-0.4, -0.2) is 40.4 Å². The molecule has 35 heavy (non-hydrogen) atoms. The lowest BCUT2D eigenvalue weighted by Gasteiger charge is -2.42. The number of benzene rings is 2. The Hall–Kier alpha value is -3.42. The summed E-state index contributed by atoms with van der Waals surface area (Å²) in [5, 5.41) is 8.11. The van der Waals surface area contributed by atoms with E-state index >= 15 is 0 Å². The number of methoxy groups -OCH3 is 1. The van der Waals surface area contributed by atoms with Crippen molar-refractivity contribution in [1.82, 2.24) is 20.2 Å². The van der Waals surface area contributed by atoms with Crippen molar-refractivity contribution in [2.75, 3.05) is 25.1 Å². The van der Waals surface area contributed by atoms with E-state index in [1.165, 1.54) is 11.1 Å². The lowest BCUT2D eigenvalue weighted by molar-refractivity contribution is 0.187. The number of anilines is 1. The molecule has 0 bridgehead atoms. The molecule has 1 aliphatic carbocycles. The smallest absolute Gasteiger partial charge is 0.177 e. The van der Waals surface area contributed by atoms with Crippen molar-refractivity contribution >= 4 is 34.2 Å². The molecule has 6 rings (SSSR count). The molecule has 7 nitrogen and oxygen atoms in total. The van der Waals surface area contributed by atoms with E-state index in [9.17, 15) is 0 Å². The minimum absolute atomic E-state index is 0.0225. The maximum atomic E-state index is 6.79. The zero-order valence-electron chi connectivity index (χ0n) is 19.6. The first-order chi connectivity index (χ1) is 17.0. The maximum absolute atomic E-state index is 6.79. The van der Waals surface area contributed by atoms with Crippen molar-refractivity contribution in [3.05, 3.63) is 82.6 Å². The van der Waals surface area contributed by atoms with Gasteiger partial charge in [-0.3, -0.25) is 5.10 Å². The molecule has 178 valence electrons. The van der Waals surface area contributed by atoms with Crippen LogP contribution >= 0.6 is 11.6 Å². The molecule has 4 aromatic rings. The average Bonchev–Trinajstić information content (AvgIpc) is 3.43. The predicted octanol–water partition coefficient (Wildman–Crippen LogP) is 4.92. The molecular formula is C27H27ClN6O. The molecule has 1 spiro atoms. The quantitative estimate of drug-likeness (QED) is 0.425. The first-order valence-electron chi connectivity index (χ1n) is 11.8. The summed E-state index contributed by atoms with van der Waals surface area (Å²) >= 11 is 6.36. The summed E-state index contributed by atoms with van der Waals surface area (Å²) in [6, 6.07) is 13.9. The van der Waals surface area contributed by atoms with E-state index in [2.05, 4.69) is 33.8 Å². The molecule has 2 aliphatic rings. The Morgan fingerprint density at radius 2 is 2.03 bits per heavy atom. The Bertz CT molecular complexity index is 1440. The third-order valence-electron chi connectivity index (χ3n) is 7.72. The highest BCUT2D eigenvalue weighted by atomic mass is 35.5. The van der Waals surface area contributed by atoms with Crippen LogP contribution in [0.15, 0.2) is 55.2 Å². The van der Waals surface area contributed by atoms with E-state index in [1.807, 2.05) is 36.5 Å². The zero-order chi connectivity index (χ0) is 24.2. The number of aromatic amines is 1. The molecule has 0 saturated carbocycles. The number of aromatic nitrogens is 4. The summed E-state index contributed by atoms with van der Waals surface area (Å²) in [6.45, 7) is 5.96. The summed E-state index contributed by atoms with van der Waals surface area (Å²) in [6.07, 6.45) is 4.85. The SMILES string of the molecule is C=C(c1ccccc1Cl)c1n[nH]c2nc(N3CCC4(CC3)Cc3ccc(OC)cc3[C@H]4N)cnc12. The summed E-state index contributed by atoms with van der Waals surface area (Å²) in [4.78, 5) is 11.8. The summed E-state index contributed by atoms with van der Waals surface area (Å²) in [7, 11) is 1.70. The van der Waals surface area contributed by atoms with Crippen LogP contribution in [0.5, 0.6) is 5.75 Å². The molecule has 1 aliphatic heterocycles. The lowest BCUT2D eigenvalue weighted by Crippen LogP contribution is -2.44. The number of ether oxygens (including phenoxy) is 1. The molecule has 1 fully saturated rings. The minimum Gasteiger partial charge on any atom is -0.497 e. The number of rotatable bonds is 4. The second-order valence-corrected chi connectivity index (χ2v) is 9.93. The number of piperidine rings is 1. The van der Waals surface area contributed by atoms with E-state index in [-0.39, 0.29) is 11.5 Å². The highest BCUT2D eigenvalue weighted by Crippen LogP contribution is 2.51. The number of hydrogen-bond acceptors (Lipinski definition) is 6. The van der Waals surface area contributed by atoms with Gasteiger partial charge in [0.25, 0.3) is 0 Å². The van der Waals surface area contributed by atoms with Gasteiger partial charge in [-0.2, -0.15) is 5.10 Å². The molecule has 0 radical (unpaired) electrons. The number of hydrogen-bond donors (Lipinski definition) is 2. The van der Waals surface area contributed by atoms with Gasteiger partial charge in [-0.1, -0.05) is 42.4 Å². The number of halogens is 1. The third-order valence-corrected chi connectivity index (χ3v) is 8.05. The number of nitrogens with two attached hydrogens (primary N) is 1. The Morgan fingerprint density at radius 1 is 1.23 bits per heavy atom. The first kappa shape index (κ1) is 22.1. The molecule has 3 N–H and O–H groups in total. The van der Waals surface area contributed by atoms with Gasteiger partial charge in [0.05, 0.1) is 13.3 Å². The van der Waals surface area contributed by atoms with Gasteiger partial charge in [0, 0.05) is 35.3 Å². The fourth-order valence-electron chi connectivity index (χ4n) is 5.63. The van der Waals surface area contributed by atoms with E-state index in [4.69, 9.17) is 32.0 Å². The second kappa shape index (κ2) is 8.36. The van der Waals surface area contributed by atoms with Crippen LogP contribution in [0, 0.1) is 5.41 Å². The van der Waals surface area contributed by atoms with Gasteiger partial charge in [0.2, 0.25) is 0 Å². The molecule has 2 aromatic heterocycles. The highest BCUT2D eigenvalue weighted by molar-refractivity contribution is 6.32. The third kappa shape index (κ3) is 3.58. The van der Waals surface area contributed by atoms with Gasteiger partial charge >= 0.3 is 0 Å². The molecule has 0 unspecified atom stereocenters. The molecule has 0 amide bonds. The molecule has 3 heterocycles. The summed E-state index contributed by atoms with van der Waals surface area (Å²) in [5.74, 6) is 1.71. The maximum Gasteiger partial charge on any atom is 0.177 e. The standard InChI is InChI=1S/C27H27ClN6O/c1-16(19-5-3-4-6-21(19)28)23-24-26(33-32-23)31-22(15-30-24)34-11-9-27(10-12-34)14-17-7-8-18(35-2)13-20(17)25(27)29/h3-8,13,15,25H,1,9-12,14,29H2,2H3,(H,31,32,33)/t25-/m1/s1. The Labute approximate surface area is 209 Å². The van der Waals surface area contributed by atoms with Crippen LogP contribution in [0.1, 0.15) is 41.3 Å². The second-order valence-electron chi connectivity index (χ2n) is 9.52. The largest absolute Gasteiger partial charge is 0.497 e. The molecule has 1 saturated heterocycles. The van der Waals surface area contributed by atoms with Crippen LogP contribution in [0.3, 0.4) is 0 Å².